The Bertz CT molecular complexity index is 956. The molecule has 3 atom stereocenters. The summed E-state index contributed by atoms with van der Waals surface area (Å²) in [6.07, 6.45) is 9.28. The highest BCUT2D eigenvalue weighted by Crippen LogP contribution is 2.55. The number of aliphatic hydroxyl groups is 1. The minimum absolute atomic E-state index is 0.0895. The molecule has 160 valence electrons. The summed E-state index contributed by atoms with van der Waals surface area (Å²) in [4.78, 5) is 4.68. The Kier molecular flexibility index (Phi) is 4.86. The van der Waals surface area contributed by atoms with Crippen LogP contribution in [0, 0.1) is 23.1 Å². The van der Waals surface area contributed by atoms with Gasteiger partial charge in [-0.05, 0) is 81.2 Å². The zero-order valence-electron chi connectivity index (χ0n) is 17.9. The Hall–Kier alpha value is -1.98. The molecule has 1 aliphatic carbocycles. The van der Waals surface area contributed by atoms with Gasteiger partial charge in [-0.25, -0.2) is 9.37 Å². The average Bonchev–Trinajstić information content (AvgIpc) is 3.14. The summed E-state index contributed by atoms with van der Waals surface area (Å²) in [5.41, 5.74) is 3.56. The molecule has 5 heteroatoms. The molecule has 1 saturated carbocycles. The van der Waals surface area contributed by atoms with Gasteiger partial charge in [0.15, 0.2) is 0 Å². The van der Waals surface area contributed by atoms with Crippen molar-refractivity contribution in [1.82, 2.24) is 9.55 Å². The second kappa shape index (κ2) is 7.31. The highest BCUT2D eigenvalue weighted by Gasteiger charge is 2.53. The maximum absolute atomic E-state index is 13.4. The van der Waals surface area contributed by atoms with Crippen molar-refractivity contribution in [1.29, 1.82) is 0 Å². The van der Waals surface area contributed by atoms with Crippen LogP contribution in [0.15, 0.2) is 36.2 Å². The number of benzene rings is 1. The molecule has 2 fully saturated rings. The first-order valence-corrected chi connectivity index (χ1v) is 11.2. The Balaban J connectivity index is 1.51. The van der Waals surface area contributed by atoms with E-state index in [2.05, 4.69) is 29.5 Å². The summed E-state index contributed by atoms with van der Waals surface area (Å²) in [5.74, 6) is 0.257. The van der Waals surface area contributed by atoms with Crippen molar-refractivity contribution < 1.29 is 14.2 Å². The fourth-order valence-corrected chi connectivity index (χ4v) is 6.30. The smallest absolute Gasteiger partial charge is 0.123 e. The third kappa shape index (κ3) is 3.14. The number of fused-ring (bicyclic) bond motifs is 2. The molecule has 30 heavy (non-hydrogen) atoms. The van der Waals surface area contributed by atoms with Gasteiger partial charge in [0.05, 0.1) is 23.3 Å². The highest BCUT2D eigenvalue weighted by atomic mass is 19.1. The van der Waals surface area contributed by atoms with E-state index in [1.54, 1.807) is 12.1 Å². The van der Waals surface area contributed by atoms with Crippen LogP contribution in [0.1, 0.15) is 51.6 Å². The average molecular weight is 411 g/mol. The number of imidazole rings is 1. The SMILES string of the molecule is C[C@]12Cn3cnc(-c4ccc(F)cc4)c3C=C1CCC[C@@H]2[C@](C)(O)C1CCOCC1. The fourth-order valence-electron chi connectivity index (χ4n) is 6.30. The number of allylic oxidation sites excluding steroid dienone is 1. The Morgan fingerprint density at radius 2 is 1.93 bits per heavy atom. The molecule has 2 aromatic rings. The molecule has 1 aromatic heterocycles. The Morgan fingerprint density at radius 1 is 1.20 bits per heavy atom. The van der Waals surface area contributed by atoms with E-state index in [0.717, 1.165) is 68.8 Å². The van der Waals surface area contributed by atoms with Gasteiger partial charge < -0.3 is 14.4 Å². The quantitative estimate of drug-likeness (QED) is 0.768. The standard InChI is InChI=1S/C25H31FN2O2/c1-24-15-28-16-27-23(17-6-8-20(26)9-7-17)21(28)14-19(24)4-3-5-22(24)25(2,29)18-10-12-30-13-11-18/h6-9,14,16,18,22,29H,3-5,10-13,15H2,1-2H3/t22-,24-,25+/m0/s1. The van der Waals surface area contributed by atoms with Gasteiger partial charge in [0, 0.05) is 30.7 Å². The third-order valence-electron chi connectivity index (χ3n) is 8.00. The van der Waals surface area contributed by atoms with E-state index < -0.39 is 5.60 Å². The normalized spacial score (nSPS) is 28.9. The van der Waals surface area contributed by atoms with Crippen LogP contribution in [-0.4, -0.2) is 33.5 Å². The third-order valence-corrected chi connectivity index (χ3v) is 8.00. The molecule has 3 aliphatic rings. The van der Waals surface area contributed by atoms with Gasteiger partial charge in [-0.15, -0.1) is 0 Å². The van der Waals surface area contributed by atoms with Gasteiger partial charge in [-0.1, -0.05) is 12.5 Å². The summed E-state index contributed by atoms with van der Waals surface area (Å²) in [6.45, 7) is 6.72. The summed E-state index contributed by atoms with van der Waals surface area (Å²) in [7, 11) is 0. The fraction of sp³-hybridized carbons (Fsp3) is 0.560. The van der Waals surface area contributed by atoms with Crippen LogP contribution >= 0.6 is 0 Å². The number of hydrogen-bond acceptors (Lipinski definition) is 3. The lowest BCUT2D eigenvalue weighted by Crippen LogP contribution is -2.54. The van der Waals surface area contributed by atoms with E-state index in [1.807, 2.05) is 6.33 Å². The summed E-state index contributed by atoms with van der Waals surface area (Å²) in [5, 5.41) is 11.8. The number of nitrogens with zero attached hydrogens (tertiary/aromatic N) is 2. The van der Waals surface area contributed by atoms with Crippen molar-refractivity contribution in [3.63, 3.8) is 0 Å². The first-order chi connectivity index (χ1) is 14.4. The van der Waals surface area contributed by atoms with Crippen molar-refractivity contribution in [3.05, 3.63) is 47.7 Å². The molecule has 1 N–H and O–H groups in total. The summed E-state index contributed by atoms with van der Waals surface area (Å²) >= 11 is 0. The molecule has 1 aromatic carbocycles. The molecule has 0 spiro atoms. The minimum atomic E-state index is -0.712. The van der Waals surface area contributed by atoms with Gasteiger partial charge in [0.2, 0.25) is 0 Å². The number of aromatic nitrogens is 2. The van der Waals surface area contributed by atoms with Crippen molar-refractivity contribution in [2.24, 2.45) is 17.3 Å². The molecule has 3 heterocycles. The highest BCUT2D eigenvalue weighted by molar-refractivity contribution is 5.72. The molecule has 0 amide bonds. The molecular weight excluding hydrogens is 379 g/mol. The lowest BCUT2D eigenvalue weighted by molar-refractivity contribution is -0.128. The van der Waals surface area contributed by atoms with E-state index >= 15 is 0 Å². The molecule has 4 nitrogen and oxygen atoms in total. The van der Waals surface area contributed by atoms with Gasteiger partial charge >= 0.3 is 0 Å². The minimum Gasteiger partial charge on any atom is -0.390 e. The first-order valence-electron chi connectivity index (χ1n) is 11.2. The van der Waals surface area contributed by atoms with Gasteiger partial charge in [0.25, 0.3) is 0 Å². The van der Waals surface area contributed by atoms with Crippen molar-refractivity contribution >= 4 is 6.08 Å². The second-order valence-corrected chi connectivity index (χ2v) is 9.76. The van der Waals surface area contributed by atoms with Gasteiger partial charge in [-0.3, -0.25) is 0 Å². The van der Waals surface area contributed by atoms with Crippen LogP contribution in [0.2, 0.25) is 0 Å². The van der Waals surface area contributed by atoms with Crippen molar-refractivity contribution in [3.8, 4) is 11.3 Å². The Morgan fingerprint density at radius 3 is 2.67 bits per heavy atom. The van der Waals surface area contributed by atoms with E-state index in [0.29, 0.717) is 0 Å². The Labute approximate surface area is 177 Å². The van der Waals surface area contributed by atoms with Crippen molar-refractivity contribution in [2.75, 3.05) is 13.2 Å². The first kappa shape index (κ1) is 20.0. The zero-order chi connectivity index (χ0) is 20.9. The van der Waals surface area contributed by atoms with Crippen LogP contribution in [0.3, 0.4) is 0 Å². The predicted molar refractivity (Wildman–Crippen MR) is 115 cm³/mol. The maximum Gasteiger partial charge on any atom is 0.123 e. The van der Waals surface area contributed by atoms with E-state index in [4.69, 9.17) is 4.74 Å². The van der Waals surface area contributed by atoms with Crippen LogP contribution < -0.4 is 0 Å². The largest absolute Gasteiger partial charge is 0.390 e. The molecule has 0 unspecified atom stereocenters. The summed E-state index contributed by atoms with van der Waals surface area (Å²) in [6, 6.07) is 6.57. The second-order valence-electron chi connectivity index (χ2n) is 9.76. The van der Waals surface area contributed by atoms with Crippen LogP contribution in [0.4, 0.5) is 4.39 Å². The number of hydrogen-bond donors (Lipinski definition) is 1. The lowest BCUT2D eigenvalue weighted by Gasteiger charge is -2.54. The lowest BCUT2D eigenvalue weighted by atomic mass is 9.55. The van der Waals surface area contributed by atoms with Crippen molar-refractivity contribution in [2.45, 2.75) is 58.1 Å². The molecule has 0 radical (unpaired) electrons. The number of halogens is 1. The molecular formula is C25H31FN2O2. The monoisotopic (exact) mass is 410 g/mol. The van der Waals surface area contributed by atoms with Gasteiger partial charge in [-0.2, -0.15) is 0 Å². The van der Waals surface area contributed by atoms with E-state index in [-0.39, 0.29) is 23.1 Å². The van der Waals surface area contributed by atoms with E-state index in [1.165, 1.54) is 17.7 Å². The van der Waals surface area contributed by atoms with E-state index in [9.17, 15) is 9.50 Å². The van der Waals surface area contributed by atoms with Crippen LogP contribution in [0.5, 0.6) is 0 Å². The van der Waals surface area contributed by atoms with Gasteiger partial charge in [0.1, 0.15) is 5.82 Å². The topological polar surface area (TPSA) is 47.3 Å². The molecule has 1 saturated heterocycles. The van der Waals surface area contributed by atoms with Crippen LogP contribution in [-0.2, 0) is 11.3 Å². The van der Waals surface area contributed by atoms with Crippen LogP contribution in [0.25, 0.3) is 17.3 Å². The number of ether oxygens (including phenoxy) is 1. The predicted octanol–water partition coefficient (Wildman–Crippen LogP) is 5.07. The summed E-state index contributed by atoms with van der Waals surface area (Å²) < 4.78 is 21.2. The molecule has 5 rings (SSSR count). The number of rotatable bonds is 3. The molecule has 2 aliphatic heterocycles. The molecule has 0 bridgehead atoms. The zero-order valence-corrected chi connectivity index (χ0v) is 17.9. The maximum atomic E-state index is 13.4.